The first-order valence-electron chi connectivity index (χ1n) is 28.2. The van der Waals surface area contributed by atoms with Crippen LogP contribution in [-0.4, -0.2) is 140 Å². The smallest absolute Gasteiger partial charge is 0.220 e. The second-order valence-corrected chi connectivity index (χ2v) is 20.1. The summed E-state index contributed by atoms with van der Waals surface area (Å²) in [6, 6.07) is -0.934. The molecule has 2 fully saturated rings. The topological polar surface area (TPSA) is 228 Å². The predicted octanol–water partition coefficient (Wildman–Crippen LogP) is 8.66. The first kappa shape index (κ1) is 64.3. The van der Waals surface area contributed by atoms with Gasteiger partial charge in [-0.1, -0.05) is 204 Å². The van der Waals surface area contributed by atoms with Gasteiger partial charge in [-0.05, 0) is 44.9 Å². The van der Waals surface area contributed by atoms with E-state index in [1.54, 1.807) is 6.08 Å². The van der Waals surface area contributed by atoms with Crippen LogP contribution < -0.4 is 5.32 Å². The lowest BCUT2D eigenvalue weighted by Gasteiger charge is -2.46. The molecule has 0 bridgehead atoms. The van der Waals surface area contributed by atoms with E-state index < -0.39 is 86.8 Å². The Hall–Kier alpha value is -1.79. The zero-order chi connectivity index (χ0) is 51.0. The highest BCUT2D eigenvalue weighted by Crippen LogP contribution is 2.30. The molecule has 12 atom stereocenters. The van der Waals surface area contributed by atoms with Gasteiger partial charge in [-0.3, -0.25) is 4.79 Å². The van der Waals surface area contributed by atoms with Gasteiger partial charge >= 0.3 is 0 Å². The van der Waals surface area contributed by atoms with Gasteiger partial charge < -0.3 is 65.1 Å². The first-order chi connectivity index (χ1) is 34.1. The normalized spacial score (nSPS) is 26.2. The van der Waals surface area contributed by atoms with Crippen molar-refractivity contribution in [3.63, 3.8) is 0 Å². The van der Waals surface area contributed by atoms with E-state index in [4.69, 9.17) is 18.9 Å². The highest BCUT2D eigenvalue weighted by Gasteiger charge is 2.51. The quantitative estimate of drug-likeness (QED) is 0.0206. The summed E-state index contributed by atoms with van der Waals surface area (Å²) < 4.78 is 22.7. The van der Waals surface area contributed by atoms with Crippen LogP contribution >= 0.6 is 0 Å². The van der Waals surface area contributed by atoms with Crippen LogP contribution in [0, 0.1) is 0 Å². The van der Waals surface area contributed by atoms with Crippen molar-refractivity contribution in [3.8, 4) is 0 Å². The van der Waals surface area contributed by atoms with Crippen LogP contribution in [0.1, 0.15) is 219 Å². The molecule has 0 saturated carbocycles. The fourth-order valence-corrected chi connectivity index (χ4v) is 9.21. The number of unbranched alkanes of at least 4 members (excludes halogenated alkanes) is 27. The number of rotatable bonds is 44. The third kappa shape index (κ3) is 28.6. The average molecular weight is 998 g/mol. The number of nitrogens with one attached hydrogen (secondary N) is 1. The Labute approximate surface area is 423 Å². The predicted molar refractivity (Wildman–Crippen MR) is 277 cm³/mol. The largest absolute Gasteiger partial charge is 0.394 e. The zero-order valence-electron chi connectivity index (χ0n) is 43.8. The highest BCUT2D eigenvalue weighted by atomic mass is 16.7. The van der Waals surface area contributed by atoms with Gasteiger partial charge in [0.25, 0.3) is 0 Å². The Balaban J connectivity index is 1.80. The maximum Gasteiger partial charge on any atom is 0.220 e. The number of aliphatic hydroxyl groups excluding tert-OH is 8. The van der Waals surface area contributed by atoms with E-state index in [1.807, 2.05) is 6.08 Å². The molecule has 2 rings (SSSR count). The second kappa shape index (κ2) is 42.6. The number of allylic oxidation sites excluding steroid dienone is 5. The van der Waals surface area contributed by atoms with Crippen molar-refractivity contribution in [3.05, 3.63) is 36.5 Å². The third-order valence-electron chi connectivity index (χ3n) is 13.8. The molecule has 2 aliphatic rings. The number of hydrogen-bond donors (Lipinski definition) is 9. The van der Waals surface area contributed by atoms with E-state index in [9.17, 15) is 45.6 Å². The molecule has 0 aromatic rings. The fourth-order valence-electron chi connectivity index (χ4n) is 9.21. The summed E-state index contributed by atoms with van der Waals surface area (Å²) in [6.45, 7) is 2.77. The number of carbonyl (C=O) groups excluding carboxylic acids is 1. The molecule has 0 radical (unpaired) electrons. The van der Waals surface area contributed by atoms with E-state index in [1.165, 1.54) is 141 Å². The molecular formula is C56H103NO13. The molecule has 0 spiro atoms. The average Bonchev–Trinajstić information content (AvgIpc) is 3.36. The third-order valence-corrected chi connectivity index (χ3v) is 13.8. The van der Waals surface area contributed by atoms with Crippen LogP contribution in [-0.2, 0) is 23.7 Å². The fraction of sp³-hybridized carbons (Fsp3) is 0.875. The van der Waals surface area contributed by atoms with Gasteiger partial charge in [0.15, 0.2) is 12.6 Å². The van der Waals surface area contributed by atoms with Crippen LogP contribution in [0.25, 0.3) is 0 Å². The molecule has 410 valence electrons. The Bertz CT molecular complexity index is 1320. The monoisotopic (exact) mass is 998 g/mol. The van der Waals surface area contributed by atoms with Gasteiger partial charge in [-0.15, -0.1) is 0 Å². The summed E-state index contributed by atoms with van der Waals surface area (Å²) in [5.74, 6) is -0.254. The van der Waals surface area contributed by atoms with Crippen molar-refractivity contribution in [2.24, 2.45) is 0 Å². The SMILES string of the molecule is CCCCCCCCCCCCCCCC/C=C/CC/C=C/CC/C=C/C(O)C(COC1OC(CO)C(OC2OC(CO)C(O)C(O)C2O)C(O)C1O)NC(=O)CCCCCCCCCCCCCC. The molecule has 0 aromatic heterocycles. The Morgan fingerprint density at radius 2 is 0.914 bits per heavy atom. The molecular weight excluding hydrogens is 895 g/mol. The lowest BCUT2D eigenvalue weighted by molar-refractivity contribution is -0.359. The minimum absolute atomic E-state index is 0.254. The zero-order valence-corrected chi connectivity index (χ0v) is 43.8. The molecule has 0 aromatic carbocycles. The van der Waals surface area contributed by atoms with Crippen LogP contribution in [0.2, 0.25) is 0 Å². The summed E-state index contributed by atoms with van der Waals surface area (Å²) in [5.41, 5.74) is 0. The Kier molecular flexibility index (Phi) is 39.1. The number of carbonyl (C=O) groups is 1. The molecule has 2 aliphatic heterocycles. The van der Waals surface area contributed by atoms with Crippen LogP contribution in [0.15, 0.2) is 36.5 Å². The maximum absolute atomic E-state index is 13.2. The molecule has 0 aliphatic carbocycles. The lowest BCUT2D eigenvalue weighted by Crippen LogP contribution is -2.65. The molecule has 14 heteroatoms. The van der Waals surface area contributed by atoms with Gasteiger partial charge in [-0.25, -0.2) is 0 Å². The van der Waals surface area contributed by atoms with E-state index in [-0.39, 0.29) is 18.9 Å². The summed E-state index contributed by atoms with van der Waals surface area (Å²) in [5, 5.41) is 86.8. The number of amides is 1. The van der Waals surface area contributed by atoms with E-state index >= 15 is 0 Å². The van der Waals surface area contributed by atoms with Crippen molar-refractivity contribution in [1.29, 1.82) is 0 Å². The van der Waals surface area contributed by atoms with Gasteiger partial charge in [0.1, 0.15) is 48.8 Å². The van der Waals surface area contributed by atoms with Crippen molar-refractivity contribution < 1.29 is 64.6 Å². The van der Waals surface area contributed by atoms with Gasteiger partial charge in [0.2, 0.25) is 5.91 Å². The Morgan fingerprint density at radius 3 is 1.40 bits per heavy atom. The molecule has 12 unspecified atom stereocenters. The van der Waals surface area contributed by atoms with E-state index in [2.05, 4.69) is 43.5 Å². The first-order valence-corrected chi connectivity index (χ1v) is 28.2. The minimum atomic E-state index is -1.79. The van der Waals surface area contributed by atoms with Crippen molar-refractivity contribution in [2.75, 3.05) is 19.8 Å². The minimum Gasteiger partial charge on any atom is -0.394 e. The van der Waals surface area contributed by atoms with Crippen LogP contribution in [0.5, 0.6) is 0 Å². The molecule has 2 heterocycles. The molecule has 9 N–H and O–H groups in total. The van der Waals surface area contributed by atoms with Crippen molar-refractivity contribution >= 4 is 5.91 Å². The standard InChI is InChI=1S/C56H103NO13/c1-3-5-7-9-11-13-15-17-18-19-20-21-22-23-24-25-26-27-28-29-31-33-35-37-39-45(60)44(57-48(61)40-38-36-34-32-30-16-14-12-10-8-6-4-2)43-67-55-53(66)51(64)54(47(42-59)69-55)70-56-52(65)50(63)49(62)46(41-58)68-56/h25-26,29,31,37,39,44-47,49-56,58-60,62-66H,3-24,27-28,30,32-36,38,40-43H2,1-2H3,(H,57,61)/b26-25+,31-29+,39-37+. The van der Waals surface area contributed by atoms with E-state index in [0.717, 1.165) is 44.9 Å². The van der Waals surface area contributed by atoms with E-state index in [0.29, 0.717) is 12.8 Å². The number of hydrogen-bond acceptors (Lipinski definition) is 13. The Morgan fingerprint density at radius 1 is 0.500 bits per heavy atom. The van der Waals surface area contributed by atoms with Crippen molar-refractivity contribution in [1.82, 2.24) is 5.32 Å². The van der Waals surface area contributed by atoms with Gasteiger partial charge in [0.05, 0.1) is 32.0 Å². The van der Waals surface area contributed by atoms with Crippen molar-refractivity contribution in [2.45, 2.75) is 293 Å². The van der Waals surface area contributed by atoms with Crippen LogP contribution in [0.3, 0.4) is 0 Å². The summed E-state index contributed by atoms with van der Waals surface area (Å²) >= 11 is 0. The number of aliphatic hydroxyl groups is 8. The maximum atomic E-state index is 13.2. The second-order valence-electron chi connectivity index (χ2n) is 20.1. The van der Waals surface area contributed by atoms with Crippen LogP contribution in [0.4, 0.5) is 0 Å². The molecule has 2 saturated heterocycles. The number of ether oxygens (including phenoxy) is 4. The molecule has 70 heavy (non-hydrogen) atoms. The summed E-state index contributed by atoms with van der Waals surface area (Å²) in [7, 11) is 0. The lowest BCUT2D eigenvalue weighted by atomic mass is 9.97. The van der Waals surface area contributed by atoms with Gasteiger partial charge in [-0.2, -0.15) is 0 Å². The summed E-state index contributed by atoms with van der Waals surface area (Å²) in [4.78, 5) is 13.2. The van der Waals surface area contributed by atoms with Gasteiger partial charge in [0, 0.05) is 6.42 Å². The molecule has 1 amide bonds. The highest BCUT2D eigenvalue weighted by molar-refractivity contribution is 5.76. The summed E-state index contributed by atoms with van der Waals surface area (Å²) in [6.07, 6.45) is 33.4. The molecule has 14 nitrogen and oxygen atoms in total.